The zero-order chi connectivity index (χ0) is 7.40. The second-order valence-electron chi connectivity index (χ2n) is 1.69. The Morgan fingerprint density at radius 1 is 1.64 bits per heavy atom. The van der Waals surface area contributed by atoms with Gasteiger partial charge in [0.15, 0.2) is 0 Å². The molecule has 53 valence electrons. The molecule has 0 saturated carbocycles. The maximum atomic E-state index is 9.97. The Morgan fingerprint density at radius 2 is 2.36 bits per heavy atom. The van der Waals surface area contributed by atoms with Crippen LogP contribution in [0.2, 0.25) is 0 Å². The molecule has 1 aromatic heterocycles. The number of aliphatic carboxylic acids is 1. The van der Waals surface area contributed by atoms with Gasteiger partial charge in [-0.3, -0.25) is 0 Å². The summed E-state index contributed by atoms with van der Waals surface area (Å²) in [4.78, 5) is 9.97. The zero-order valence-electron chi connectivity index (χ0n) is 6.15. The summed E-state index contributed by atoms with van der Waals surface area (Å²) in [5.74, 6) is -0.432. The summed E-state index contributed by atoms with van der Waals surface area (Å²) >= 11 is 0. The van der Waals surface area contributed by atoms with Crippen molar-refractivity contribution in [1.29, 1.82) is 0 Å². The quantitative estimate of drug-likeness (QED) is 0.520. The molecule has 1 heterocycles. The Hall–Kier alpha value is -0.510. The first-order valence-corrected chi connectivity index (χ1v) is 2.73. The van der Waals surface area contributed by atoms with E-state index in [0.29, 0.717) is 5.76 Å². The molecular formula is C7H6NaO3. The van der Waals surface area contributed by atoms with Gasteiger partial charge < -0.3 is 9.52 Å². The van der Waals surface area contributed by atoms with Gasteiger partial charge in [-0.05, 0) is 18.2 Å². The summed E-state index contributed by atoms with van der Waals surface area (Å²) < 4.78 is 4.83. The minimum absolute atomic E-state index is 0. The molecule has 1 aromatic rings. The average molecular weight is 161 g/mol. The standard InChI is InChI=1S/C7H6O3.Na/c8-7(9)4-3-6-2-1-5-10-6;/h1-5H,(H,8,9);/b4-3+;. The molecule has 3 nitrogen and oxygen atoms in total. The summed E-state index contributed by atoms with van der Waals surface area (Å²) in [6, 6.07) is 3.38. The van der Waals surface area contributed by atoms with Crippen LogP contribution in [0.15, 0.2) is 28.9 Å². The Morgan fingerprint density at radius 3 is 2.82 bits per heavy atom. The number of carboxylic acids is 1. The van der Waals surface area contributed by atoms with E-state index in [9.17, 15) is 4.79 Å². The maximum Gasteiger partial charge on any atom is 0.328 e. The SMILES string of the molecule is O=C(O)/C=C/c1ccco1.[Na]. The van der Waals surface area contributed by atoms with Crippen LogP contribution < -0.4 is 0 Å². The molecular weight excluding hydrogens is 155 g/mol. The van der Waals surface area contributed by atoms with Gasteiger partial charge in [0.1, 0.15) is 5.76 Å². The first kappa shape index (κ1) is 10.5. The van der Waals surface area contributed by atoms with Gasteiger partial charge in [-0.15, -0.1) is 0 Å². The third kappa shape index (κ3) is 4.03. The molecule has 0 aliphatic rings. The van der Waals surface area contributed by atoms with Gasteiger partial charge in [0.25, 0.3) is 0 Å². The number of furan rings is 1. The van der Waals surface area contributed by atoms with E-state index in [1.54, 1.807) is 12.1 Å². The van der Waals surface area contributed by atoms with Crippen LogP contribution in [0.3, 0.4) is 0 Å². The van der Waals surface area contributed by atoms with Crippen molar-refractivity contribution >= 4 is 41.6 Å². The van der Waals surface area contributed by atoms with Gasteiger partial charge in [0, 0.05) is 35.6 Å². The van der Waals surface area contributed by atoms with Crippen molar-refractivity contribution in [2.75, 3.05) is 0 Å². The van der Waals surface area contributed by atoms with Gasteiger partial charge >= 0.3 is 5.97 Å². The van der Waals surface area contributed by atoms with Crippen molar-refractivity contribution in [2.45, 2.75) is 0 Å². The summed E-state index contributed by atoms with van der Waals surface area (Å²) in [5.41, 5.74) is 0. The van der Waals surface area contributed by atoms with E-state index in [2.05, 4.69) is 0 Å². The molecule has 11 heavy (non-hydrogen) atoms. The molecule has 0 aromatic carbocycles. The molecule has 0 aliphatic heterocycles. The summed E-state index contributed by atoms with van der Waals surface area (Å²) in [7, 11) is 0. The second kappa shape index (κ2) is 5.18. The number of hydrogen-bond donors (Lipinski definition) is 1. The zero-order valence-corrected chi connectivity index (χ0v) is 8.15. The fourth-order valence-corrected chi connectivity index (χ4v) is 0.540. The number of carboxylic acid groups (broad SMARTS) is 1. The van der Waals surface area contributed by atoms with E-state index in [1.807, 2.05) is 0 Å². The van der Waals surface area contributed by atoms with Gasteiger partial charge in [0.2, 0.25) is 0 Å². The Kier molecular flexibility index (Phi) is 4.94. The molecule has 0 unspecified atom stereocenters. The summed E-state index contributed by atoms with van der Waals surface area (Å²) in [6.45, 7) is 0. The van der Waals surface area contributed by atoms with Crippen LogP contribution in [0.25, 0.3) is 6.08 Å². The Labute approximate surface area is 86.0 Å². The molecule has 0 fully saturated rings. The van der Waals surface area contributed by atoms with Crippen LogP contribution in [0.4, 0.5) is 0 Å². The fraction of sp³-hybridized carbons (Fsp3) is 0. The molecule has 1 rings (SSSR count). The van der Waals surface area contributed by atoms with Crippen LogP contribution in [0.5, 0.6) is 0 Å². The minimum atomic E-state index is -0.976. The predicted octanol–water partition coefficient (Wildman–Crippen LogP) is 0.997. The van der Waals surface area contributed by atoms with Crippen molar-refractivity contribution in [2.24, 2.45) is 0 Å². The van der Waals surface area contributed by atoms with Crippen molar-refractivity contribution in [3.63, 3.8) is 0 Å². The number of rotatable bonds is 2. The first-order valence-electron chi connectivity index (χ1n) is 2.73. The molecule has 0 aliphatic carbocycles. The van der Waals surface area contributed by atoms with Crippen molar-refractivity contribution < 1.29 is 14.3 Å². The fourth-order valence-electron chi connectivity index (χ4n) is 0.540. The summed E-state index contributed by atoms with van der Waals surface area (Å²) in [5, 5.41) is 8.18. The van der Waals surface area contributed by atoms with E-state index in [0.717, 1.165) is 6.08 Å². The van der Waals surface area contributed by atoms with Crippen molar-refractivity contribution in [3.8, 4) is 0 Å². The van der Waals surface area contributed by atoms with Crippen molar-refractivity contribution in [3.05, 3.63) is 30.2 Å². The van der Waals surface area contributed by atoms with E-state index in [-0.39, 0.29) is 29.6 Å². The van der Waals surface area contributed by atoms with Crippen LogP contribution in [0, 0.1) is 0 Å². The molecule has 0 spiro atoms. The minimum Gasteiger partial charge on any atom is -0.478 e. The predicted molar refractivity (Wildman–Crippen MR) is 41.1 cm³/mol. The monoisotopic (exact) mass is 161 g/mol. The molecule has 1 N–H and O–H groups in total. The molecule has 1 radical (unpaired) electrons. The van der Waals surface area contributed by atoms with Crippen LogP contribution >= 0.6 is 0 Å². The van der Waals surface area contributed by atoms with Crippen LogP contribution in [-0.4, -0.2) is 40.6 Å². The maximum absolute atomic E-state index is 9.97. The van der Waals surface area contributed by atoms with Crippen LogP contribution in [0.1, 0.15) is 5.76 Å². The second-order valence-corrected chi connectivity index (χ2v) is 1.69. The first-order chi connectivity index (χ1) is 4.79. The van der Waals surface area contributed by atoms with Gasteiger partial charge in [-0.1, -0.05) is 0 Å². The van der Waals surface area contributed by atoms with E-state index in [1.165, 1.54) is 12.3 Å². The van der Waals surface area contributed by atoms with Gasteiger partial charge in [-0.25, -0.2) is 4.79 Å². The van der Waals surface area contributed by atoms with E-state index in [4.69, 9.17) is 9.52 Å². The molecule has 0 atom stereocenters. The Bertz CT molecular complexity index is 238. The van der Waals surface area contributed by atoms with Gasteiger partial charge in [-0.2, -0.15) is 0 Å². The molecule has 0 bridgehead atoms. The largest absolute Gasteiger partial charge is 0.478 e. The smallest absolute Gasteiger partial charge is 0.328 e. The Balaban J connectivity index is 0.000001000. The third-order valence-electron chi connectivity index (χ3n) is 0.933. The molecule has 0 amide bonds. The third-order valence-corrected chi connectivity index (χ3v) is 0.933. The number of carbonyl (C=O) groups is 1. The summed E-state index contributed by atoms with van der Waals surface area (Å²) in [6.07, 6.45) is 3.91. The van der Waals surface area contributed by atoms with Gasteiger partial charge in [0.05, 0.1) is 6.26 Å². The van der Waals surface area contributed by atoms with E-state index < -0.39 is 5.97 Å². The average Bonchev–Trinajstić information content (AvgIpc) is 2.34. The number of hydrogen-bond acceptors (Lipinski definition) is 2. The molecule has 0 saturated heterocycles. The molecule has 4 heteroatoms. The normalized spacial score (nSPS) is 9.45. The topological polar surface area (TPSA) is 50.4 Å². The van der Waals surface area contributed by atoms with Crippen molar-refractivity contribution in [1.82, 2.24) is 0 Å². The van der Waals surface area contributed by atoms with E-state index >= 15 is 0 Å². The van der Waals surface area contributed by atoms with Crippen LogP contribution in [-0.2, 0) is 4.79 Å².